The molecule has 0 aromatic heterocycles. The highest BCUT2D eigenvalue weighted by Crippen LogP contribution is 2.28. The number of halogens is 1. The fourth-order valence-corrected chi connectivity index (χ4v) is 5.27. The van der Waals surface area contributed by atoms with E-state index in [9.17, 15) is 22.7 Å². The number of nitrogens with zero attached hydrogens (tertiary/aromatic N) is 2. The third-order valence-electron chi connectivity index (χ3n) is 5.66. The number of anilines is 3. The van der Waals surface area contributed by atoms with Crippen molar-refractivity contribution in [1.82, 2.24) is 0 Å². The van der Waals surface area contributed by atoms with E-state index in [0.717, 1.165) is 24.8 Å². The van der Waals surface area contributed by atoms with Crippen molar-refractivity contribution in [1.29, 1.82) is 0 Å². The van der Waals surface area contributed by atoms with Crippen molar-refractivity contribution in [2.24, 2.45) is 0 Å². The predicted molar refractivity (Wildman–Crippen MR) is 126 cm³/mol. The number of rotatable bonds is 6. The van der Waals surface area contributed by atoms with Crippen LogP contribution in [0.25, 0.3) is 0 Å². The van der Waals surface area contributed by atoms with Gasteiger partial charge in [0.2, 0.25) is 0 Å². The molecule has 1 heterocycles. The summed E-state index contributed by atoms with van der Waals surface area (Å²) in [6.07, 6.45) is 0. The Bertz CT molecular complexity index is 1270. The zero-order chi connectivity index (χ0) is 23.6. The molecule has 0 saturated carbocycles. The Morgan fingerprint density at radius 3 is 2.27 bits per heavy atom. The molecule has 9 heteroatoms. The summed E-state index contributed by atoms with van der Waals surface area (Å²) in [4.78, 5) is 16.0. The van der Waals surface area contributed by atoms with Crippen LogP contribution in [0, 0.1) is 12.7 Å². The normalized spacial score (nSPS) is 14.2. The molecule has 0 amide bonds. The van der Waals surface area contributed by atoms with Crippen molar-refractivity contribution < 1.29 is 22.7 Å². The van der Waals surface area contributed by atoms with Crippen LogP contribution in [0.3, 0.4) is 0 Å². The van der Waals surface area contributed by atoms with Gasteiger partial charge in [-0.15, -0.1) is 0 Å². The average Bonchev–Trinajstić information content (AvgIpc) is 2.81. The maximum atomic E-state index is 13.6. The van der Waals surface area contributed by atoms with Gasteiger partial charge in [0.05, 0.1) is 16.1 Å². The van der Waals surface area contributed by atoms with Crippen LogP contribution in [0.2, 0.25) is 0 Å². The number of carboxylic acid groups (broad SMARTS) is 1. The minimum Gasteiger partial charge on any atom is -0.478 e. The Balaban J connectivity index is 1.55. The lowest BCUT2D eigenvalue weighted by molar-refractivity contribution is 0.0697. The van der Waals surface area contributed by atoms with Gasteiger partial charge in [0.15, 0.2) is 0 Å². The van der Waals surface area contributed by atoms with Gasteiger partial charge in [0.25, 0.3) is 10.0 Å². The summed E-state index contributed by atoms with van der Waals surface area (Å²) in [5, 5.41) is 9.78. The van der Waals surface area contributed by atoms with Gasteiger partial charge >= 0.3 is 5.97 Å². The zero-order valence-electron chi connectivity index (χ0n) is 18.0. The van der Waals surface area contributed by atoms with Crippen LogP contribution < -0.4 is 14.5 Å². The molecule has 1 aliphatic rings. The standard InChI is InChI=1S/C24H24FN3O4S/c1-17-7-8-18(25)15-23(17)33(31,32)26-19-9-10-22(21(16-19)24(29)30)28-13-11-27(12-14-28)20-5-3-2-4-6-20/h2-10,15-16,26H,11-14H2,1H3,(H,29,30). The number of nitrogens with one attached hydrogen (secondary N) is 1. The Morgan fingerprint density at radius 2 is 1.61 bits per heavy atom. The second kappa shape index (κ2) is 9.11. The zero-order valence-corrected chi connectivity index (χ0v) is 18.8. The first-order valence-electron chi connectivity index (χ1n) is 10.5. The van der Waals surface area contributed by atoms with E-state index >= 15 is 0 Å². The minimum atomic E-state index is -4.09. The summed E-state index contributed by atoms with van der Waals surface area (Å²) in [5.41, 5.74) is 2.13. The summed E-state index contributed by atoms with van der Waals surface area (Å²) in [6, 6.07) is 17.9. The third kappa shape index (κ3) is 4.93. The van der Waals surface area contributed by atoms with E-state index < -0.39 is 21.8 Å². The van der Waals surface area contributed by atoms with Crippen LogP contribution in [-0.2, 0) is 10.0 Å². The minimum absolute atomic E-state index is 0.000625. The van der Waals surface area contributed by atoms with Crippen LogP contribution in [0.15, 0.2) is 71.6 Å². The van der Waals surface area contributed by atoms with Crippen LogP contribution in [-0.4, -0.2) is 45.7 Å². The van der Waals surface area contributed by atoms with E-state index in [4.69, 9.17) is 0 Å². The van der Waals surface area contributed by atoms with E-state index in [-0.39, 0.29) is 16.1 Å². The van der Waals surface area contributed by atoms with Crippen molar-refractivity contribution >= 4 is 33.1 Å². The fourth-order valence-electron chi connectivity index (χ4n) is 3.96. The molecule has 1 aliphatic heterocycles. The summed E-state index contributed by atoms with van der Waals surface area (Å²) in [7, 11) is -4.09. The lowest BCUT2D eigenvalue weighted by Gasteiger charge is -2.38. The number of para-hydroxylation sites is 1. The maximum absolute atomic E-state index is 13.6. The second-order valence-corrected chi connectivity index (χ2v) is 9.51. The first-order chi connectivity index (χ1) is 15.7. The summed E-state index contributed by atoms with van der Waals surface area (Å²) < 4.78 is 41.5. The number of hydrogen-bond donors (Lipinski definition) is 2. The predicted octanol–water partition coefficient (Wildman–Crippen LogP) is 3.96. The topological polar surface area (TPSA) is 90.0 Å². The molecular weight excluding hydrogens is 445 g/mol. The number of carbonyl (C=O) groups is 1. The molecule has 33 heavy (non-hydrogen) atoms. The Morgan fingerprint density at radius 1 is 0.939 bits per heavy atom. The SMILES string of the molecule is Cc1ccc(F)cc1S(=O)(=O)Nc1ccc(N2CCN(c3ccccc3)CC2)c(C(=O)O)c1. The number of carboxylic acids is 1. The number of sulfonamides is 1. The molecule has 4 rings (SSSR count). The van der Waals surface area contributed by atoms with Crippen LogP contribution in [0.5, 0.6) is 0 Å². The number of piperazine rings is 1. The quantitative estimate of drug-likeness (QED) is 0.568. The van der Waals surface area contributed by atoms with E-state index in [1.165, 1.54) is 24.3 Å². The lowest BCUT2D eigenvalue weighted by atomic mass is 10.1. The van der Waals surface area contributed by atoms with Crippen molar-refractivity contribution in [2.45, 2.75) is 11.8 Å². The van der Waals surface area contributed by atoms with E-state index in [1.54, 1.807) is 13.0 Å². The molecule has 7 nitrogen and oxygen atoms in total. The second-order valence-electron chi connectivity index (χ2n) is 7.86. The van der Waals surface area contributed by atoms with Crippen molar-refractivity contribution in [3.8, 4) is 0 Å². The highest BCUT2D eigenvalue weighted by atomic mass is 32.2. The first-order valence-corrected chi connectivity index (χ1v) is 11.9. The summed E-state index contributed by atoms with van der Waals surface area (Å²) in [6.45, 7) is 4.28. The van der Waals surface area contributed by atoms with Gasteiger partial charge in [-0.25, -0.2) is 17.6 Å². The van der Waals surface area contributed by atoms with Crippen molar-refractivity contribution in [3.63, 3.8) is 0 Å². The number of aryl methyl sites for hydroxylation is 1. The van der Waals surface area contributed by atoms with E-state index in [0.29, 0.717) is 24.3 Å². The van der Waals surface area contributed by atoms with E-state index in [2.05, 4.69) is 9.62 Å². The van der Waals surface area contributed by atoms with Crippen LogP contribution in [0.4, 0.5) is 21.5 Å². The first kappa shape index (κ1) is 22.6. The molecule has 3 aromatic rings. The Kier molecular flexibility index (Phi) is 6.24. The molecule has 0 bridgehead atoms. The number of benzene rings is 3. The Hall–Kier alpha value is -3.59. The van der Waals surface area contributed by atoms with Gasteiger partial charge in [-0.05, 0) is 55.0 Å². The molecule has 1 fully saturated rings. The molecule has 0 spiro atoms. The summed E-state index contributed by atoms with van der Waals surface area (Å²) >= 11 is 0. The van der Waals surface area contributed by atoms with Crippen molar-refractivity contribution in [3.05, 3.63) is 83.7 Å². The third-order valence-corrected chi connectivity index (χ3v) is 7.18. The van der Waals surface area contributed by atoms with Gasteiger partial charge in [-0.2, -0.15) is 0 Å². The summed E-state index contributed by atoms with van der Waals surface area (Å²) in [5.74, 6) is -1.82. The fraction of sp³-hybridized carbons (Fsp3) is 0.208. The molecule has 0 unspecified atom stereocenters. The van der Waals surface area contributed by atoms with Gasteiger partial charge in [-0.1, -0.05) is 24.3 Å². The monoisotopic (exact) mass is 469 g/mol. The Labute approximate surface area is 192 Å². The molecule has 0 radical (unpaired) electrons. The molecule has 0 aliphatic carbocycles. The van der Waals surface area contributed by atoms with Gasteiger partial charge < -0.3 is 14.9 Å². The van der Waals surface area contributed by atoms with Gasteiger partial charge in [0.1, 0.15) is 5.82 Å². The van der Waals surface area contributed by atoms with Crippen molar-refractivity contribution in [2.75, 3.05) is 40.7 Å². The highest BCUT2D eigenvalue weighted by molar-refractivity contribution is 7.92. The highest BCUT2D eigenvalue weighted by Gasteiger charge is 2.24. The smallest absolute Gasteiger partial charge is 0.337 e. The maximum Gasteiger partial charge on any atom is 0.337 e. The lowest BCUT2D eigenvalue weighted by Crippen LogP contribution is -2.47. The molecule has 172 valence electrons. The number of hydrogen-bond acceptors (Lipinski definition) is 5. The molecule has 2 N–H and O–H groups in total. The van der Waals surface area contributed by atoms with Gasteiger partial charge in [0, 0.05) is 37.6 Å². The number of aromatic carboxylic acids is 1. The molecule has 0 atom stereocenters. The molecule has 1 saturated heterocycles. The van der Waals surface area contributed by atoms with Gasteiger partial charge in [-0.3, -0.25) is 4.72 Å². The largest absolute Gasteiger partial charge is 0.478 e. The molecule has 3 aromatic carbocycles. The average molecular weight is 470 g/mol. The van der Waals surface area contributed by atoms with Crippen LogP contribution in [0.1, 0.15) is 15.9 Å². The molecular formula is C24H24FN3O4S. The van der Waals surface area contributed by atoms with E-state index in [1.807, 2.05) is 35.2 Å². The van der Waals surface area contributed by atoms with Crippen LogP contribution >= 0.6 is 0 Å².